The first kappa shape index (κ1) is 38.0. The number of phosphoric acid groups is 1. The highest BCUT2D eigenvalue weighted by Gasteiger charge is 2.27. The molecule has 0 aliphatic carbocycles. The fourth-order valence-corrected chi connectivity index (χ4v) is 4.63. The maximum Gasteiger partial charge on any atom is 0.472 e. The van der Waals surface area contributed by atoms with Crippen LogP contribution in [0.2, 0.25) is 0 Å². The molecule has 1 unspecified atom stereocenters. The number of likely N-dealkylation sites (N-methyl/N-ethyl adjacent to an activating group) is 1. The lowest BCUT2D eigenvalue weighted by Gasteiger charge is -2.24. The third-order valence-corrected chi connectivity index (χ3v) is 7.37. The van der Waals surface area contributed by atoms with E-state index in [1.807, 2.05) is 21.1 Å². The van der Waals surface area contributed by atoms with Crippen molar-refractivity contribution in [3.63, 3.8) is 0 Å². The van der Waals surface area contributed by atoms with Gasteiger partial charge in [0.1, 0.15) is 19.8 Å². The van der Waals surface area contributed by atoms with Crippen LogP contribution in [0.5, 0.6) is 0 Å². The van der Waals surface area contributed by atoms with Crippen LogP contribution in [0.15, 0.2) is 0 Å². The molecule has 1 N–H and O–H groups in total. The van der Waals surface area contributed by atoms with E-state index in [4.69, 9.17) is 18.5 Å². The van der Waals surface area contributed by atoms with Gasteiger partial charge in [-0.25, -0.2) is 4.57 Å². The number of quaternary nitrogens is 1. The van der Waals surface area contributed by atoms with Gasteiger partial charge in [-0.05, 0) is 12.8 Å². The van der Waals surface area contributed by atoms with Crippen molar-refractivity contribution in [2.24, 2.45) is 0 Å². The van der Waals surface area contributed by atoms with Gasteiger partial charge in [0.15, 0.2) is 6.10 Å². The molecule has 0 aliphatic rings. The Morgan fingerprint density at radius 1 is 0.692 bits per heavy atom. The van der Waals surface area contributed by atoms with Crippen LogP contribution in [-0.2, 0) is 32.7 Å². The van der Waals surface area contributed by atoms with E-state index in [2.05, 4.69) is 13.8 Å². The molecule has 0 aromatic heterocycles. The molecule has 0 bridgehead atoms. The van der Waals surface area contributed by atoms with Gasteiger partial charge < -0.3 is 18.9 Å². The molecule has 0 spiro atoms. The molecule has 9 nitrogen and oxygen atoms in total. The van der Waals surface area contributed by atoms with Crippen LogP contribution in [0.25, 0.3) is 0 Å². The van der Waals surface area contributed by atoms with Gasteiger partial charge >= 0.3 is 19.8 Å². The number of phosphoric ester groups is 1. The van der Waals surface area contributed by atoms with Crippen molar-refractivity contribution < 1.29 is 42.1 Å². The second kappa shape index (κ2) is 23.7. The molecule has 2 atom stereocenters. The van der Waals surface area contributed by atoms with Crippen LogP contribution in [0.4, 0.5) is 0 Å². The second-order valence-corrected chi connectivity index (χ2v) is 13.0. The fourth-order valence-electron chi connectivity index (χ4n) is 3.89. The first-order valence-electron chi connectivity index (χ1n) is 15.3. The number of rotatable bonds is 27. The lowest BCUT2D eigenvalue weighted by Crippen LogP contribution is -2.37. The zero-order valence-electron chi connectivity index (χ0n) is 25.6. The molecule has 0 heterocycles. The molecule has 0 fully saturated rings. The molecular formula is C29H59NO8P+. The summed E-state index contributed by atoms with van der Waals surface area (Å²) in [6.45, 7) is 4.30. The van der Waals surface area contributed by atoms with E-state index in [9.17, 15) is 19.0 Å². The Labute approximate surface area is 238 Å². The van der Waals surface area contributed by atoms with Crippen LogP contribution in [0.3, 0.4) is 0 Å². The molecule has 0 aromatic carbocycles. The Morgan fingerprint density at radius 3 is 1.64 bits per heavy atom. The van der Waals surface area contributed by atoms with E-state index in [1.165, 1.54) is 51.4 Å². The highest BCUT2D eigenvalue weighted by Crippen LogP contribution is 2.43. The number of carbonyl (C=O) groups is 2. The van der Waals surface area contributed by atoms with Crippen molar-refractivity contribution in [3.05, 3.63) is 0 Å². The van der Waals surface area contributed by atoms with Gasteiger partial charge in [-0.1, -0.05) is 97.3 Å². The summed E-state index contributed by atoms with van der Waals surface area (Å²) in [6.07, 6.45) is 16.1. The third-order valence-electron chi connectivity index (χ3n) is 6.39. The highest BCUT2D eigenvalue weighted by molar-refractivity contribution is 7.47. The SMILES string of the molecule is CCCCCCCCCCCC(=O)O[C@H](COC(=O)CCCCCCCC)COP(=O)(O)OCC[N+](C)(C)C. The van der Waals surface area contributed by atoms with Crippen molar-refractivity contribution in [2.75, 3.05) is 47.5 Å². The normalized spacial score (nSPS) is 14.1. The van der Waals surface area contributed by atoms with Crippen LogP contribution in [0, 0.1) is 0 Å². The van der Waals surface area contributed by atoms with Crippen molar-refractivity contribution in [2.45, 2.75) is 129 Å². The van der Waals surface area contributed by atoms with E-state index < -0.39 is 26.5 Å². The number of carbonyl (C=O) groups excluding carboxylic acids is 2. The van der Waals surface area contributed by atoms with E-state index in [0.717, 1.165) is 38.5 Å². The molecule has 10 heteroatoms. The predicted octanol–water partition coefficient (Wildman–Crippen LogP) is 6.95. The fraction of sp³-hybridized carbons (Fsp3) is 0.931. The molecular weight excluding hydrogens is 521 g/mol. The Kier molecular flexibility index (Phi) is 23.1. The molecule has 0 saturated carbocycles. The number of nitrogens with zero attached hydrogens (tertiary/aromatic N) is 1. The molecule has 232 valence electrons. The number of hydrogen-bond donors (Lipinski definition) is 1. The average Bonchev–Trinajstić information content (AvgIpc) is 2.85. The van der Waals surface area contributed by atoms with Crippen LogP contribution in [0.1, 0.15) is 123 Å². The zero-order valence-corrected chi connectivity index (χ0v) is 26.5. The van der Waals surface area contributed by atoms with Gasteiger partial charge in [0.05, 0.1) is 27.7 Å². The minimum atomic E-state index is -4.34. The number of esters is 2. The van der Waals surface area contributed by atoms with Crippen molar-refractivity contribution in [1.82, 2.24) is 0 Å². The quantitative estimate of drug-likeness (QED) is 0.0481. The first-order chi connectivity index (χ1) is 18.5. The average molecular weight is 581 g/mol. The highest BCUT2D eigenvalue weighted by atomic mass is 31.2. The van der Waals surface area contributed by atoms with Gasteiger partial charge in [0, 0.05) is 12.8 Å². The third kappa shape index (κ3) is 27.0. The second-order valence-electron chi connectivity index (χ2n) is 11.5. The first-order valence-corrected chi connectivity index (χ1v) is 16.8. The lowest BCUT2D eigenvalue weighted by atomic mass is 10.1. The Balaban J connectivity index is 4.55. The molecule has 0 radical (unpaired) electrons. The van der Waals surface area contributed by atoms with Gasteiger partial charge in [-0.15, -0.1) is 0 Å². The summed E-state index contributed by atoms with van der Waals surface area (Å²) in [7, 11) is 1.48. The Hall–Kier alpha value is -0.990. The van der Waals surface area contributed by atoms with Crippen LogP contribution >= 0.6 is 7.82 Å². The standard InChI is InChI=1S/C29H58NO8P/c1-6-8-10-12-14-15-16-18-20-22-29(32)38-27(25-35-28(31)21-19-17-13-11-9-7-2)26-37-39(33,34)36-24-23-30(3,4)5/h27H,6-26H2,1-5H3/p+1/t27-/m1/s1. The minimum Gasteiger partial charge on any atom is -0.462 e. The summed E-state index contributed by atoms with van der Waals surface area (Å²) in [5.74, 6) is -0.811. The molecule has 39 heavy (non-hydrogen) atoms. The summed E-state index contributed by atoms with van der Waals surface area (Å²) >= 11 is 0. The summed E-state index contributed by atoms with van der Waals surface area (Å²) in [4.78, 5) is 34.6. The zero-order chi connectivity index (χ0) is 29.4. The summed E-state index contributed by atoms with van der Waals surface area (Å²) in [5, 5.41) is 0. The van der Waals surface area contributed by atoms with Gasteiger partial charge in [0.2, 0.25) is 0 Å². The number of unbranched alkanes of at least 4 members (excludes halogenated alkanes) is 13. The minimum absolute atomic E-state index is 0.0353. The Morgan fingerprint density at radius 2 is 1.15 bits per heavy atom. The monoisotopic (exact) mass is 580 g/mol. The van der Waals surface area contributed by atoms with E-state index in [0.29, 0.717) is 23.9 Å². The van der Waals surface area contributed by atoms with Crippen molar-refractivity contribution in [1.29, 1.82) is 0 Å². The number of hydrogen-bond acceptors (Lipinski definition) is 7. The largest absolute Gasteiger partial charge is 0.472 e. The van der Waals surface area contributed by atoms with E-state index in [1.54, 1.807) is 0 Å². The topological polar surface area (TPSA) is 108 Å². The predicted molar refractivity (Wildman–Crippen MR) is 155 cm³/mol. The van der Waals surface area contributed by atoms with E-state index >= 15 is 0 Å². The van der Waals surface area contributed by atoms with Crippen molar-refractivity contribution in [3.8, 4) is 0 Å². The van der Waals surface area contributed by atoms with Crippen LogP contribution < -0.4 is 0 Å². The van der Waals surface area contributed by atoms with Gasteiger partial charge in [0.25, 0.3) is 0 Å². The number of ether oxygens (including phenoxy) is 2. The smallest absolute Gasteiger partial charge is 0.462 e. The molecule has 0 amide bonds. The molecule has 0 aliphatic heterocycles. The van der Waals surface area contributed by atoms with E-state index in [-0.39, 0.29) is 25.6 Å². The Bertz CT molecular complexity index is 668. The lowest BCUT2D eigenvalue weighted by molar-refractivity contribution is -0.870. The van der Waals surface area contributed by atoms with Crippen molar-refractivity contribution >= 4 is 19.8 Å². The maximum atomic E-state index is 12.4. The summed E-state index contributed by atoms with van der Waals surface area (Å²) in [5.41, 5.74) is 0. The molecule has 0 aromatic rings. The molecule has 0 saturated heterocycles. The van der Waals surface area contributed by atoms with Gasteiger partial charge in [-0.2, -0.15) is 0 Å². The maximum absolute atomic E-state index is 12.4. The summed E-state index contributed by atoms with van der Waals surface area (Å²) in [6, 6.07) is 0. The van der Waals surface area contributed by atoms with Crippen LogP contribution in [-0.4, -0.2) is 74.9 Å². The molecule has 0 rings (SSSR count). The summed E-state index contributed by atoms with van der Waals surface area (Å²) < 4.78 is 33.8. The van der Waals surface area contributed by atoms with Gasteiger partial charge in [-0.3, -0.25) is 18.6 Å².